The number of benzene rings is 1. The van der Waals surface area contributed by atoms with Crippen LogP contribution in [-0.4, -0.2) is 21.2 Å². The molecule has 0 amide bonds. The summed E-state index contributed by atoms with van der Waals surface area (Å²) in [4.78, 5) is 14.4. The fourth-order valence-corrected chi connectivity index (χ4v) is 2.20. The van der Waals surface area contributed by atoms with Crippen molar-refractivity contribution in [3.63, 3.8) is 0 Å². The molecule has 0 bridgehead atoms. The summed E-state index contributed by atoms with van der Waals surface area (Å²) in [6.45, 7) is 2.81. The normalized spacial score (nSPS) is 10.9. The maximum absolute atomic E-state index is 11.8. The summed E-state index contributed by atoms with van der Waals surface area (Å²) < 4.78 is 7.40. The van der Waals surface area contributed by atoms with Gasteiger partial charge in [0.25, 0.3) is 5.56 Å². The highest BCUT2D eigenvalue weighted by molar-refractivity contribution is 5.71. The van der Waals surface area contributed by atoms with Crippen LogP contribution in [0.4, 0.5) is 0 Å². The summed E-state index contributed by atoms with van der Waals surface area (Å²) in [6.07, 6.45) is 5.40. The predicted octanol–water partition coefficient (Wildman–Crippen LogP) is 2.87. The van der Waals surface area contributed by atoms with Gasteiger partial charge in [-0.25, -0.2) is 4.52 Å². The maximum atomic E-state index is 11.8. The molecule has 0 saturated heterocycles. The molecule has 5 nitrogen and oxygen atoms in total. The molecule has 21 heavy (non-hydrogen) atoms. The Morgan fingerprint density at radius 3 is 3.00 bits per heavy atom. The first-order valence-electron chi connectivity index (χ1n) is 7.09. The fraction of sp³-hybridized carbons (Fsp3) is 0.250. The first-order valence-corrected chi connectivity index (χ1v) is 7.09. The molecule has 2 heterocycles. The standard InChI is InChI=1S/C16H17N3O2/c1-2-3-10-21-15-7-5-4-6-12(15)13-11-14-16(20)17-8-9-19(14)18-13/h4-9,11H,2-3,10H2,1H3,(H,17,20). The molecule has 0 aliphatic carbocycles. The molecule has 3 aromatic rings. The Balaban J connectivity index is 2.02. The number of aromatic nitrogens is 3. The Morgan fingerprint density at radius 1 is 1.33 bits per heavy atom. The van der Waals surface area contributed by atoms with E-state index in [-0.39, 0.29) is 5.56 Å². The highest BCUT2D eigenvalue weighted by Crippen LogP contribution is 2.29. The average molecular weight is 283 g/mol. The summed E-state index contributed by atoms with van der Waals surface area (Å²) in [5.41, 5.74) is 2.01. The lowest BCUT2D eigenvalue weighted by Crippen LogP contribution is -2.07. The number of nitrogens with one attached hydrogen (secondary N) is 1. The molecule has 1 aromatic carbocycles. The second-order valence-electron chi connectivity index (χ2n) is 4.85. The van der Waals surface area contributed by atoms with Gasteiger partial charge in [0.2, 0.25) is 0 Å². The first kappa shape index (κ1) is 13.4. The predicted molar refractivity (Wildman–Crippen MR) is 81.7 cm³/mol. The van der Waals surface area contributed by atoms with Crippen molar-refractivity contribution in [2.45, 2.75) is 19.8 Å². The number of hydrogen-bond acceptors (Lipinski definition) is 3. The third-order valence-corrected chi connectivity index (χ3v) is 3.32. The molecule has 0 saturated carbocycles. The maximum Gasteiger partial charge on any atom is 0.273 e. The lowest BCUT2D eigenvalue weighted by Gasteiger charge is -2.09. The number of rotatable bonds is 5. The van der Waals surface area contributed by atoms with Crippen LogP contribution in [0.15, 0.2) is 47.5 Å². The molecule has 3 rings (SSSR count). The largest absolute Gasteiger partial charge is 0.493 e. The van der Waals surface area contributed by atoms with E-state index < -0.39 is 0 Å². The van der Waals surface area contributed by atoms with Gasteiger partial charge in [0, 0.05) is 18.0 Å². The molecule has 0 radical (unpaired) electrons. The van der Waals surface area contributed by atoms with Crippen molar-refractivity contribution in [3.05, 3.63) is 53.1 Å². The van der Waals surface area contributed by atoms with Crippen LogP contribution in [0.5, 0.6) is 5.75 Å². The van der Waals surface area contributed by atoms with Gasteiger partial charge in [-0.2, -0.15) is 5.10 Å². The van der Waals surface area contributed by atoms with Gasteiger partial charge >= 0.3 is 0 Å². The van der Waals surface area contributed by atoms with Crippen LogP contribution < -0.4 is 10.3 Å². The number of ether oxygens (including phenoxy) is 1. The molecule has 0 spiro atoms. The molecular weight excluding hydrogens is 266 g/mol. The number of unbranched alkanes of at least 4 members (excludes halogenated alkanes) is 1. The van der Waals surface area contributed by atoms with E-state index in [0.717, 1.165) is 29.8 Å². The molecule has 0 fully saturated rings. The number of para-hydroxylation sites is 1. The van der Waals surface area contributed by atoms with Crippen LogP contribution in [0.25, 0.3) is 16.8 Å². The minimum Gasteiger partial charge on any atom is -0.493 e. The SMILES string of the molecule is CCCCOc1ccccc1-c1cc2c(=O)[nH]ccn2n1. The van der Waals surface area contributed by atoms with Crippen LogP contribution in [0.2, 0.25) is 0 Å². The lowest BCUT2D eigenvalue weighted by atomic mass is 10.1. The molecule has 0 atom stereocenters. The zero-order valence-corrected chi connectivity index (χ0v) is 11.9. The summed E-state index contributed by atoms with van der Waals surface area (Å²) in [5.74, 6) is 0.797. The third kappa shape index (κ3) is 2.67. The smallest absolute Gasteiger partial charge is 0.273 e. The van der Waals surface area contributed by atoms with Gasteiger partial charge in [-0.1, -0.05) is 25.5 Å². The average Bonchev–Trinajstić information content (AvgIpc) is 2.93. The number of aromatic amines is 1. The number of hydrogen-bond donors (Lipinski definition) is 1. The van der Waals surface area contributed by atoms with Gasteiger partial charge in [-0.3, -0.25) is 4.79 Å². The van der Waals surface area contributed by atoms with E-state index in [0.29, 0.717) is 12.1 Å². The molecule has 0 aliphatic heterocycles. The van der Waals surface area contributed by atoms with E-state index in [1.54, 1.807) is 23.0 Å². The zero-order valence-electron chi connectivity index (χ0n) is 11.9. The van der Waals surface area contributed by atoms with Gasteiger partial charge in [0.05, 0.1) is 12.3 Å². The quantitative estimate of drug-likeness (QED) is 0.732. The van der Waals surface area contributed by atoms with Crippen molar-refractivity contribution in [2.24, 2.45) is 0 Å². The van der Waals surface area contributed by atoms with Crippen LogP contribution in [-0.2, 0) is 0 Å². The second kappa shape index (κ2) is 5.83. The molecular formula is C16H17N3O2. The zero-order chi connectivity index (χ0) is 14.7. The molecule has 1 N–H and O–H groups in total. The van der Waals surface area contributed by atoms with Crippen molar-refractivity contribution in [1.82, 2.24) is 14.6 Å². The van der Waals surface area contributed by atoms with E-state index >= 15 is 0 Å². The molecule has 2 aromatic heterocycles. The van der Waals surface area contributed by atoms with Crippen LogP contribution >= 0.6 is 0 Å². The summed E-state index contributed by atoms with van der Waals surface area (Å²) >= 11 is 0. The van der Waals surface area contributed by atoms with E-state index in [4.69, 9.17) is 4.74 Å². The number of nitrogens with zero attached hydrogens (tertiary/aromatic N) is 2. The van der Waals surface area contributed by atoms with Gasteiger partial charge < -0.3 is 9.72 Å². The molecule has 5 heteroatoms. The summed E-state index contributed by atoms with van der Waals surface area (Å²) in [6, 6.07) is 9.54. The van der Waals surface area contributed by atoms with Crippen molar-refractivity contribution in [3.8, 4) is 17.0 Å². The van der Waals surface area contributed by atoms with Crippen molar-refractivity contribution < 1.29 is 4.74 Å². The Labute approximate surface area is 122 Å². The van der Waals surface area contributed by atoms with E-state index in [1.165, 1.54) is 0 Å². The molecule has 0 aliphatic rings. The van der Waals surface area contributed by atoms with Gasteiger partial charge in [0.15, 0.2) is 0 Å². The van der Waals surface area contributed by atoms with Crippen molar-refractivity contribution >= 4 is 5.52 Å². The fourth-order valence-electron chi connectivity index (χ4n) is 2.20. The molecule has 108 valence electrons. The van der Waals surface area contributed by atoms with Gasteiger partial charge in [0.1, 0.15) is 11.3 Å². The lowest BCUT2D eigenvalue weighted by molar-refractivity contribution is 0.310. The Hall–Kier alpha value is -2.56. The van der Waals surface area contributed by atoms with Crippen LogP contribution in [0.3, 0.4) is 0 Å². The topological polar surface area (TPSA) is 59.4 Å². The highest BCUT2D eigenvalue weighted by Gasteiger charge is 2.11. The number of fused-ring (bicyclic) bond motifs is 1. The summed E-state index contributed by atoms with van der Waals surface area (Å²) in [7, 11) is 0. The Kier molecular flexibility index (Phi) is 3.73. The number of H-pyrrole nitrogens is 1. The van der Waals surface area contributed by atoms with Crippen LogP contribution in [0, 0.1) is 0 Å². The monoisotopic (exact) mass is 283 g/mol. The third-order valence-electron chi connectivity index (χ3n) is 3.32. The minimum atomic E-state index is -0.152. The van der Waals surface area contributed by atoms with Gasteiger partial charge in [-0.15, -0.1) is 0 Å². The second-order valence-corrected chi connectivity index (χ2v) is 4.85. The van der Waals surface area contributed by atoms with E-state index in [2.05, 4.69) is 17.0 Å². The van der Waals surface area contributed by atoms with Gasteiger partial charge in [-0.05, 0) is 24.6 Å². The highest BCUT2D eigenvalue weighted by atomic mass is 16.5. The Morgan fingerprint density at radius 2 is 2.19 bits per heavy atom. The summed E-state index contributed by atoms with van der Waals surface area (Å²) in [5, 5.41) is 4.45. The van der Waals surface area contributed by atoms with E-state index in [1.807, 2.05) is 24.3 Å². The van der Waals surface area contributed by atoms with Crippen LogP contribution in [0.1, 0.15) is 19.8 Å². The van der Waals surface area contributed by atoms with Crippen molar-refractivity contribution in [2.75, 3.05) is 6.61 Å². The molecule has 0 unspecified atom stereocenters. The minimum absolute atomic E-state index is 0.152. The van der Waals surface area contributed by atoms with E-state index in [9.17, 15) is 4.79 Å². The Bertz CT molecular complexity index is 804. The first-order chi connectivity index (χ1) is 10.3. The van der Waals surface area contributed by atoms with Crippen molar-refractivity contribution in [1.29, 1.82) is 0 Å².